The standard InChI is InChI=1S/C11H11BrO3/c12-9(11(14)15)6-7-10(13)8-4-2-1-3-5-8/h1-5,9H,6-7H2,(H,14,15). The Balaban J connectivity index is 2.47. The van der Waals surface area contributed by atoms with Gasteiger partial charge in [-0.1, -0.05) is 46.3 Å². The molecule has 0 aliphatic carbocycles. The van der Waals surface area contributed by atoms with Crippen molar-refractivity contribution in [3.05, 3.63) is 35.9 Å². The Morgan fingerprint density at radius 1 is 1.27 bits per heavy atom. The fourth-order valence-electron chi connectivity index (χ4n) is 1.15. The first-order chi connectivity index (χ1) is 7.11. The number of halogens is 1. The lowest BCUT2D eigenvalue weighted by atomic mass is 10.1. The lowest BCUT2D eigenvalue weighted by Crippen LogP contribution is -2.14. The Hall–Kier alpha value is -1.16. The number of hydrogen-bond acceptors (Lipinski definition) is 2. The number of benzene rings is 1. The van der Waals surface area contributed by atoms with Crippen LogP contribution in [0.4, 0.5) is 0 Å². The monoisotopic (exact) mass is 270 g/mol. The lowest BCUT2D eigenvalue weighted by Gasteiger charge is -2.03. The summed E-state index contributed by atoms with van der Waals surface area (Å²) in [5, 5.41) is 8.61. The fraction of sp³-hybridized carbons (Fsp3) is 0.273. The van der Waals surface area contributed by atoms with E-state index in [1.165, 1.54) is 0 Å². The number of carboxylic acids is 1. The molecule has 0 heterocycles. The average Bonchev–Trinajstić information content (AvgIpc) is 2.26. The summed E-state index contributed by atoms with van der Waals surface area (Å²) in [4.78, 5) is 21.4. The Kier molecular flexibility index (Phi) is 4.49. The number of carboxylic acid groups (broad SMARTS) is 1. The summed E-state index contributed by atoms with van der Waals surface area (Å²) < 4.78 is 0. The molecule has 4 heteroatoms. The molecule has 1 N–H and O–H groups in total. The summed E-state index contributed by atoms with van der Waals surface area (Å²) in [5.74, 6) is -0.961. The maximum atomic E-state index is 11.6. The molecular weight excluding hydrogens is 260 g/mol. The number of Topliss-reactive ketones (excluding diaryl/α,β-unsaturated/α-hetero) is 1. The molecule has 0 spiro atoms. The number of carbonyl (C=O) groups excluding carboxylic acids is 1. The van der Waals surface area contributed by atoms with E-state index in [0.29, 0.717) is 12.0 Å². The predicted octanol–water partition coefficient (Wildman–Crippen LogP) is 2.50. The minimum Gasteiger partial charge on any atom is -0.480 e. The third kappa shape index (κ3) is 3.83. The summed E-state index contributed by atoms with van der Waals surface area (Å²) in [6.45, 7) is 0. The predicted molar refractivity (Wildman–Crippen MR) is 60.4 cm³/mol. The number of aliphatic carboxylic acids is 1. The number of alkyl halides is 1. The molecule has 0 bridgehead atoms. The van der Waals surface area contributed by atoms with E-state index in [-0.39, 0.29) is 12.2 Å². The van der Waals surface area contributed by atoms with Crippen molar-refractivity contribution in [2.24, 2.45) is 0 Å². The topological polar surface area (TPSA) is 54.4 Å². The molecule has 1 unspecified atom stereocenters. The Bertz CT molecular complexity index is 348. The molecule has 0 aliphatic heterocycles. The SMILES string of the molecule is O=C(CCC(Br)C(=O)O)c1ccccc1. The van der Waals surface area contributed by atoms with E-state index in [0.717, 1.165) is 0 Å². The molecular formula is C11H11BrO3. The van der Waals surface area contributed by atoms with E-state index < -0.39 is 10.8 Å². The zero-order valence-corrected chi connectivity index (χ0v) is 9.61. The highest BCUT2D eigenvalue weighted by molar-refractivity contribution is 9.10. The van der Waals surface area contributed by atoms with Gasteiger partial charge in [0.15, 0.2) is 5.78 Å². The second-order valence-corrected chi connectivity index (χ2v) is 4.24. The molecule has 1 aromatic rings. The third-order valence-electron chi connectivity index (χ3n) is 1.99. The van der Waals surface area contributed by atoms with Crippen molar-refractivity contribution in [1.29, 1.82) is 0 Å². The van der Waals surface area contributed by atoms with Gasteiger partial charge >= 0.3 is 5.97 Å². The van der Waals surface area contributed by atoms with Gasteiger partial charge in [0.05, 0.1) is 0 Å². The van der Waals surface area contributed by atoms with Gasteiger partial charge in [0.1, 0.15) is 4.83 Å². The normalized spacial score (nSPS) is 12.1. The first-order valence-electron chi connectivity index (χ1n) is 4.56. The average molecular weight is 271 g/mol. The van der Waals surface area contributed by atoms with Crippen LogP contribution in [0.3, 0.4) is 0 Å². The Labute approximate surface area is 96.2 Å². The number of hydrogen-bond donors (Lipinski definition) is 1. The highest BCUT2D eigenvalue weighted by Crippen LogP contribution is 2.12. The minimum atomic E-state index is -0.934. The van der Waals surface area contributed by atoms with Gasteiger partial charge < -0.3 is 5.11 Å². The van der Waals surface area contributed by atoms with E-state index in [1.807, 2.05) is 6.07 Å². The molecule has 1 rings (SSSR count). The van der Waals surface area contributed by atoms with Crippen LogP contribution in [-0.2, 0) is 4.79 Å². The first-order valence-corrected chi connectivity index (χ1v) is 5.48. The molecule has 0 radical (unpaired) electrons. The highest BCUT2D eigenvalue weighted by atomic mass is 79.9. The van der Waals surface area contributed by atoms with Crippen LogP contribution >= 0.6 is 15.9 Å². The van der Waals surface area contributed by atoms with Crippen LogP contribution < -0.4 is 0 Å². The van der Waals surface area contributed by atoms with Crippen molar-refractivity contribution in [1.82, 2.24) is 0 Å². The van der Waals surface area contributed by atoms with Gasteiger partial charge in [-0.15, -0.1) is 0 Å². The molecule has 0 aliphatic rings. The molecule has 1 aromatic carbocycles. The van der Waals surface area contributed by atoms with Crippen molar-refractivity contribution in [3.8, 4) is 0 Å². The number of rotatable bonds is 5. The van der Waals surface area contributed by atoms with Crippen molar-refractivity contribution < 1.29 is 14.7 Å². The van der Waals surface area contributed by atoms with Crippen LogP contribution in [0.5, 0.6) is 0 Å². The largest absolute Gasteiger partial charge is 0.480 e. The van der Waals surface area contributed by atoms with Gasteiger partial charge in [-0.2, -0.15) is 0 Å². The maximum Gasteiger partial charge on any atom is 0.317 e. The van der Waals surface area contributed by atoms with Crippen LogP contribution in [-0.4, -0.2) is 21.7 Å². The van der Waals surface area contributed by atoms with E-state index >= 15 is 0 Å². The van der Waals surface area contributed by atoms with Crippen LogP contribution in [0.2, 0.25) is 0 Å². The highest BCUT2D eigenvalue weighted by Gasteiger charge is 2.15. The summed E-state index contributed by atoms with van der Waals surface area (Å²) in [5.41, 5.74) is 0.627. The Morgan fingerprint density at radius 3 is 2.40 bits per heavy atom. The summed E-state index contributed by atoms with van der Waals surface area (Å²) >= 11 is 2.99. The summed E-state index contributed by atoms with van der Waals surface area (Å²) in [6.07, 6.45) is 0.551. The van der Waals surface area contributed by atoms with Crippen molar-refractivity contribution in [3.63, 3.8) is 0 Å². The lowest BCUT2D eigenvalue weighted by molar-refractivity contribution is -0.136. The van der Waals surface area contributed by atoms with Crippen molar-refractivity contribution in [2.75, 3.05) is 0 Å². The van der Waals surface area contributed by atoms with Gasteiger partial charge in [-0.25, -0.2) is 0 Å². The molecule has 0 amide bonds. The summed E-state index contributed by atoms with van der Waals surface area (Å²) in [6, 6.07) is 8.87. The molecule has 0 saturated heterocycles. The molecule has 0 aromatic heterocycles. The zero-order valence-electron chi connectivity index (χ0n) is 8.02. The fourth-order valence-corrected chi connectivity index (χ4v) is 1.38. The first kappa shape index (κ1) is 11.9. The van der Waals surface area contributed by atoms with Crippen molar-refractivity contribution >= 4 is 27.7 Å². The van der Waals surface area contributed by atoms with Crippen LogP contribution in [0, 0.1) is 0 Å². The molecule has 0 saturated carbocycles. The van der Waals surface area contributed by atoms with Crippen LogP contribution in [0.15, 0.2) is 30.3 Å². The van der Waals surface area contributed by atoms with Gasteiger partial charge in [0, 0.05) is 12.0 Å². The van der Waals surface area contributed by atoms with Crippen LogP contribution in [0.25, 0.3) is 0 Å². The molecule has 15 heavy (non-hydrogen) atoms. The smallest absolute Gasteiger partial charge is 0.317 e. The summed E-state index contributed by atoms with van der Waals surface area (Å²) in [7, 11) is 0. The van der Waals surface area contributed by atoms with E-state index in [4.69, 9.17) is 5.11 Å². The Morgan fingerprint density at radius 2 is 1.87 bits per heavy atom. The van der Waals surface area contributed by atoms with Crippen molar-refractivity contribution in [2.45, 2.75) is 17.7 Å². The van der Waals surface area contributed by atoms with E-state index in [1.54, 1.807) is 24.3 Å². The van der Waals surface area contributed by atoms with Gasteiger partial charge in [0.2, 0.25) is 0 Å². The second-order valence-electron chi connectivity index (χ2n) is 3.13. The molecule has 1 atom stereocenters. The third-order valence-corrected chi connectivity index (χ3v) is 2.84. The number of ketones is 1. The second kappa shape index (κ2) is 5.66. The maximum absolute atomic E-state index is 11.6. The zero-order chi connectivity index (χ0) is 11.3. The molecule has 0 fully saturated rings. The quantitative estimate of drug-likeness (QED) is 0.661. The van der Waals surface area contributed by atoms with Crippen LogP contribution in [0.1, 0.15) is 23.2 Å². The molecule has 3 nitrogen and oxygen atoms in total. The molecule has 80 valence electrons. The van der Waals surface area contributed by atoms with E-state index in [9.17, 15) is 9.59 Å². The van der Waals surface area contributed by atoms with Gasteiger partial charge in [-0.3, -0.25) is 9.59 Å². The minimum absolute atomic E-state index is 0.0266. The van der Waals surface area contributed by atoms with Gasteiger partial charge in [-0.05, 0) is 6.42 Å². The van der Waals surface area contributed by atoms with E-state index in [2.05, 4.69) is 15.9 Å². The van der Waals surface area contributed by atoms with Gasteiger partial charge in [0.25, 0.3) is 0 Å². The number of carbonyl (C=O) groups is 2.